The van der Waals surface area contributed by atoms with Crippen LogP contribution in [0, 0.1) is 0 Å². The number of nitrogens with zero attached hydrogens (tertiary/aromatic N) is 3. The van der Waals surface area contributed by atoms with Crippen LogP contribution in [0.4, 0.5) is 0 Å². The molecule has 0 saturated carbocycles. The Bertz CT molecular complexity index is 428. The zero-order valence-corrected chi connectivity index (χ0v) is 12.4. The molecule has 2 rings (SSSR count). The number of hydrogen-bond donors (Lipinski definition) is 0. The van der Waals surface area contributed by atoms with Gasteiger partial charge in [-0.2, -0.15) is 0 Å². The Kier molecular flexibility index (Phi) is 4.40. The molecule has 19 heavy (non-hydrogen) atoms. The van der Waals surface area contributed by atoms with Gasteiger partial charge < -0.3 is 4.57 Å². The predicted octanol–water partition coefficient (Wildman–Crippen LogP) is 2.74. The lowest BCUT2D eigenvalue weighted by molar-refractivity contribution is 0.0565. The molecule has 4 nitrogen and oxygen atoms in total. The first-order valence-electron chi connectivity index (χ1n) is 7.50. The van der Waals surface area contributed by atoms with Gasteiger partial charge in [-0.05, 0) is 45.7 Å². The summed E-state index contributed by atoms with van der Waals surface area (Å²) in [5, 5.41) is 0. The summed E-state index contributed by atoms with van der Waals surface area (Å²) < 4.78 is 1.96. The molecule has 1 aliphatic rings. The van der Waals surface area contributed by atoms with Gasteiger partial charge in [0.2, 0.25) is 5.78 Å². The third-order valence-corrected chi connectivity index (χ3v) is 4.56. The Balaban J connectivity index is 2.35. The van der Waals surface area contributed by atoms with E-state index in [2.05, 4.69) is 23.7 Å². The number of likely N-dealkylation sites (tertiary alicyclic amines) is 1. The van der Waals surface area contributed by atoms with Crippen LogP contribution in [0.1, 0.15) is 57.1 Å². The van der Waals surface area contributed by atoms with E-state index >= 15 is 0 Å². The van der Waals surface area contributed by atoms with Gasteiger partial charge in [-0.15, -0.1) is 0 Å². The molecule has 1 aromatic heterocycles. The molecular weight excluding hydrogens is 238 g/mol. The summed E-state index contributed by atoms with van der Waals surface area (Å²) in [6, 6.07) is 0. The molecule has 0 bridgehead atoms. The van der Waals surface area contributed by atoms with Crippen molar-refractivity contribution in [3.63, 3.8) is 0 Å². The maximum Gasteiger partial charge on any atom is 0.218 e. The summed E-state index contributed by atoms with van der Waals surface area (Å²) in [6.07, 6.45) is 7.76. The maximum atomic E-state index is 13.0. The van der Waals surface area contributed by atoms with Crippen molar-refractivity contribution in [3.8, 4) is 0 Å². The van der Waals surface area contributed by atoms with Crippen molar-refractivity contribution in [1.29, 1.82) is 0 Å². The van der Waals surface area contributed by atoms with Crippen molar-refractivity contribution in [2.45, 2.75) is 58.5 Å². The first kappa shape index (κ1) is 14.3. The van der Waals surface area contributed by atoms with Crippen LogP contribution in [-0.2, 0) is 6.54 Å². The monoisotopic (exact) mass is 263 g/mol. The molecule has 2 heterocycles. The summed E-state index contributed by atoms with van der Waals surface area (Å²) in [5.74, 6) is 0.823. The number of aromatic nitrogens is 2. The molecule has 0 N–H and O–H groups in total. The van der Waals surface area contributed by atoms with Crippen molar-refractivity contribution >= 4 is 5.78 Å². The van der Waals surface area contributed by atoms with E-state index in [1.54, 1.807) is 6.20 Å². The fraction of sp³-hybridized carbons (Fsp3) is 0.733. The maximum absolute atomic E-state index is 13.0. The molecule has 0 aromatic carbocycles. The van der Waals surface area contributed by atoms with E-state index < -0.39 is 0 Å². The summed E-state index contributed by atoms with van der Waals surface area (Å²) >= 11 is 0. The summed E-state index contributed by atoms with van der Waals surface area (Å²) in [6.45, 7) is 9.18. The number of Topliss-reactive ketones (excluding diaryl/α,β-unsaturated/α-hetero) is 1. The SMILES string of the molecule is CCn1ccnc1C(=O)C(CC)(CC)N1CCCC1. The van der Waals surface area contributed by atoms with Crippen LogP contribution in [0.25, 0.3) is 0 Å². The number of rotatable bonds is 6. The Hall–Kier alpha value is -1.16. The highest BCUT2D eigenvalue weighted by Crippen LogP contribution is 2.31. The average Bonchev–Trinajstić information content (AvgIpc) is 3.11. The van der Waals surface area contributed by atoms with E-state index in [1.165, 1.54) is 12.8 Å². The average molecular weight is 263 g/mol. The van der Waals surface area contributed by atoms with E-state index in [0.29, 0.717) is 5.82 Å². The summed E-state index contributed by atoms with van der Waals surface area (Å²) in [5.41, 5.74) is -0.352. The normalized spacial score (nSPS) is 17.0. The third-order valence-electron chi connectivity index (χ3n) is 4.56. The fourth-order valence-corrected chi connectivity index (χ4v) is 3.29. The summed E-state index contributed by atoms with van der Waals surface area (Å²) in [4.78, 5) is 19.7. The zero-order valence-electron chi connectivity index (χ0n) is 12.4. The van der Waals surface area contributed by atoms with Crippen molar-refractivity contribution in [2.75, 3.05) is 13.1 Å². The van der Waals surface area contributed by atoms with Gasteiger partial charge in [0.05, 0.1) is 5.54 Å². The van der Waals surface area contributed by atoms with Crippen molar-refractivity contribution in [2.24, 2.45) is 0 Å². The molecule has 0 unspecified atom stereocenters. The minimum absolute atomic E-state index is 0.200. The van der Waals surface area contributed by atoms with Crippen LogP contribution in [-0.4, -0.2) is 38.9 Å². The van der Waals surface area contributed by atoms with Gasteiger partial charge in [-0.1, -0.05) is 13.8 Å². The van der Waals surface area contributed by atoms with Gasteiger partial charge in [0.15, 0.2) is 5.82 Å². The van der Waals surface area contributed by atoms with Crippen LogP contribution in [0.5, 0.6) is 0 Å². The molecule has 1 aromatic rings. The first-order chi connectivity index (χ1) is 9.19. The van der Waals surface area contributed by atoms with Gasteiger partial charge in [-0.3, -0.25) is 9.69 Å². The van der Waals surface area contributed by atoms with E-state index in [1.807, 2.05) is 17.7 Å². The van der Waals surface area contributed by atoms with Gasteiger partial charge in [0.25, 0.3) is 0 Å². The standard InChI is InChI=1S/C15H25N3O/c1-4-15(5-2,18-10-7-8-11-18)13(19)14-16-9-12-17(14)6-3/h9,12H,4-8,10-11H2,1-3H3. The lowest BCUT2D eigenvalue weighted by Gasteiger charge is -2.39. The Labute approximate surface area is 115 Å². The highest BCUT2D eigenvalue weighted by atomic mass is 16.1. The molecule has 1 saturated heterocycles. The molecule has 0 radical (unpaired) electrons. The number of hydrogen-bond acceptors (Lipinski definition) is 3. The minimum Gasteiger partial charge on any atom is -0.329 e. The minimum atomic E-state index is -0.352. The van der Waals surface area contributed by atoms with Gasteiger partial charge in [0, 0.05) is 18.9 Å². The fourth-order valence-electron chi connectivity index (χ4n) is 3.29. The van der Waals surface area contributed by atoms with E-state index in [-0.39, 0.29) is 11.3 Å². The quantitative estimate of drug-likeness (QED) is 0.741. The topological polar surface area (TPSA) is 38.1 Å². The Morgan fingerprint density at radius 1 is 1.26 bits per heavy atom. The third kappa shape index (κ3) is 2.34. The molecule has 0 amide bonds. The lowest BCUT2D eigenvalue weighted by atomic mass is 9.85. The Morgan fingerprint density at radius 2 is 1.89 bits per heavy atom. The van der Waals surface area contributed by atoms with Crippen LogP contribution < -0.4 is 0 Å². The van der Waals surface area contributed by atoms with Gasteiger partial charge >= 0.3 is 0 Å². The first-order valence-corrected chi connectivity index (χ1v) is 7.50. The van der Waals surface area contributed by atoms with Crippen molar-refractivity contribution < 1.29 is 4.79 Å². The molecule has 106 valence electrons. The molecule has 0 aliphatic carbocycles. The number of carbonyl (C=O) groups is 1. The number of carbonyl (C=O) groups excluding carboxylic acids is 1. The van der Waals surface area contributed by atoms with Crippen LogP contribution in [0.3, 0.4) is 0 Å². The van der Waals surface area contributed by atoms with E-state index in [0.717, 1.165) is 32.5 Å². The molecule has 0 atom stereocenters. The van der Waals surface area contributed by atoms with E-state index in [4.69, 9.17) is 0 Å². The lowest BCUT2D eigenvalue weighted by Crippen LogP contribution is -2.53. The van der Waals surface area contributed by atoms with Crippen LogP contribution in [0.15, 0.2) is 12.4 Å². The molecule has 4 heteroatoms. The van der Waals surface area contributed by atoms with Gasteiger partial charge in [-0.25, -0.2) is 4.98 Å². The van der Waals surface area contributed by atoms with Crippen molar-refractivity contribution in [1.82, 2.24) is 14.5 Å². The number of ketones is 1. The molecule has 1 aliphatic heterocycles. The second-order valence-electron chi connectivity index (χ2n) is 5.30. The Morgan fingerprint density at radius 3 is 2.42 bits per heavy atom. The molecule has 0 spiro atoms. The summed E-state index contributed by atoms with van der Waals surface area (Å²) in [7, 11) is 0. The number of imidazole rings is 1. The smallest absolute Gasteiger partial charge is 0.218 e. The van der Waals surface area contributed by atoms with Crippen LogP contribution >= 0.6 is 0 Å². The highest BCUT2D eigenvalue weighted by molar-refractivity contribution is 6.00. The van der Waals surface area contributed by atoms with Crippen LogP contribution in [0.2, 0.25) is 0 Å². The van der Waals surface area contributed by atoms with E-state index in [9.17, 15) is 4.79 Å². The molecular formula is C15H25N3O. The zero-order chi connectivity index (χ0) is 13.9. The molecule has 1 fully saturated rings. The second kappa shape index (κ2) is 5.87. The van der Waals surface area contributed by atoms with Crippen molar-refractivity contribution in [3.05, 3.63) is 18.2 Å². The highest BCUT2D eigenvalue weighted by Gasteiger charge is 2.43. The predicted molar refractivity (Wildman–Crippen MR) is 76.4 cm³/mol. The largest absolute Gasteiger partial charge is 0.329 e. The number of aryl methyl sites for hydroxylation is 1. The van der Waals surface area contributed by atoms with Gasteiger partial charge in [0.1, 0.15) is 0 Å². The second-order valence-corrected chi connectivity index (χ2v) is 5.30.